The van der Waals surface area contributed by atoms with E-state index < -0.39 is 33.9 Å². The van der Waals surface area contributed by atoms with Crippen LogP contribution in [-0.2, 0) is 24.3 Å². The molecule has 0 saturated carbocycles. The first kappa shape index (κ1) is 23.3. The molecule has 4 rings (SSSR count). The average Bonchev–Trinajstić information content (AvgIpc) is 3.26. The van der Waals surface area contributed by atoms with Gasteiger partial charge in [0.05, 0.1) is 17.1 Å². The lowest BCUT2D eigenvalue weighted by atomic mass is 10.00. The Hall–Kier alpha value is -2.82. The molecule has 33 heavy (non-hydrogen) atoms. The summed E-state index contributed by atoms with van der Waals surface area (Å²) in [7, 11) is -3.66. The molecule has 8 nitrogen and oxygen atoms in total. The summed E-state index contributed by atoms with van der Waals surface area (Å²) in [6.45, 7) is 3.75. The van der Waals surface area contributed by atoms with Gasteiger partial charge in [-0.15, -0.1) is 11.3 Å². The number of carbonyl (C=O) groups excluding carboxylic acids is 2. The van der Waals surface area contributed by atoms with E-state index in [0.29, 0.717) is 25.1 Å². The van der Waals surface area contributed by atoms with E-state index >= 15 is 0 Å². The van der Waals surface area contributed by atoms with Crippen LogP contribution in [0.4, 0.5) is 5.69 Å². The molecule has 1 saturated heterocycles. The molecule has 1 amide bonds. The number of sulfonamides is 1. The van der Waals surface area contributed by atoms with Crippen LogP contribution in [-0.4, -0.2) is 48.8 Å². The molecular formula is C23H25N3O5S2. The maximum absolute atomic E-state index is 12.9. The maximum atomic E-state index is 12.9. The molecule has 0 radical (unpaired) electrons. The third kappa shape index (κ3) is 5.07. The first-order valence-corrected chi connectivity index (χ1v) is 12.9. The third-order valence-electron chi connectivity index (χ3n) is 5.59. The number of aromatic nitrogens is 1. The molecule has 1 fully saturated rings. The Morgan fingerprint density at radius 1 is 1.21 bits per heavy atom. The number of hydrogen-bond acceptors (Lipinski definition) is 7. The Balaban J connectivity index is 1.39. The number of nitrogens with zero attached hydrogens (tertiary/aromatic N) is 2. The predicted octanol–water partition coefficient (Wildman–Crippen LogP) is 3.58. The number of carbonyl (C=O) groups is 2. The first-order chi connectivity index (χ1) is 15.8. The zero-order chi connectivity index (χ0) is 23.6. The maximum Gasteiger partial charge on any atom is 0.311 e. The van der Waals surface area contributed by atoms with Crippen LogP contribution in [0.25, 0.3) is 10.9 Å². The van der Waals surface area contributed by atoms with Crippen molar-refractivity contribution in [1.29, 1.82) is 0 Å². The van der Waals surface area contributed by atoms with Gasteiger partial charge >= 0.3 is 5.97 Å². The normalized spacial score (nSPS) is 18.1. The summed E-state index contributed by atoms with van der Waals surface area (Å²) in [4.78, 5) is 30.6. The third-order valence-corrected chi connectivity index (χ3v) is 8.93. The molecule has 0 spiro atoms. The number of esters is 1. The minimum absolute atomic E-state index is 0.0431. The average molecular weight is 488 g/mol. The summed E-state index contributed by atoms with van der Waals surface area (Å²) >= 11 is 1.21. The fourth-order valence-corrected chi connectivity index (χ4v) is 6.76. The van der Waals surface area contributed by atoms with E-state index in [-0.39, 0.29) is 10.8 Å². The fraction of sp³-hybridized carbons (Fsp3) is 0.348. The highest BCUT2D eigenvalue weighted by Gasteiger charge is 2.35. The first-order valence-electron chi connectivity index (χ1n) is 10.7. The number of pyridine rings is 1. The van der Waals surface area contributed by atoms with Gasteiger partial charge in [-0.05, 0) is 63.1 Å². The van der Waals surface area contributed by atoms with Crippen molar-refractivity contribution < 1.29 is 22.7 Å². The molecule has 2 atom stereocenters. The van der Waals surface area contributed by atoms with Crippen molar-refractivity contribution in [3.05, 3.63) is 53.5 Å². The van der Waals surface area contributed by atoms with E-state index in [2.05, 4.69) is 10.3 Å². The Morgan fingerprint density at radius 2 is 2.03 bits per heavy atom. The molecule has 3 heterocycles. The predicted molar refractivity (Wildman–Crippen MR) is 126 cm³/mol. The van der Waals surface area contributed by atoms with Gasteiger partial charge in [-0.1, -0.05) is 6.07 Å². The quantitative estimate of drug-likeness (QED) is 0.533. The number of nitrogens with one attached hydrogen (secondary N) is 1. The molecule has 0 bridgehead atoms. The van der Waals surface area contributed by atoms with Gasteiger partial charge in [-0.3, -0.25) is 14.6 Å². The van der Waals surface area contributed by atoms with Crippen LogP contribution in [0.15, 0.2) is 52.9 Å². The van der Waals surface area contributed by atoms with Crippen LogP contribution in [0.1, 0.15) is 24.6 Å². The number of anilines is 1. The summed E-state index contributed by atoms with van der Waals surface area (Å²) in [6.07, 6.45) is 1.70. The van der Waals surface area contributed by atoms with Crippen LogP contribution in [0, 0.1) is 12.8 Å². The van der Waals surface area contributed by atoms with Gasteiger partial charge < -0.3 is 10.1 Å². The van der Waals surface area contributed by atoms with Gasteiger partial charge in [0.25, 0.3) is 15.9 Å². The number of thiophene rings is 1. The van der Waals surface area contributed by atoms with Crippen molar-refractivity contribution >= 4 is 49.8 Å². The molecule has 3 aromatic rings. The fourth-order valence-electron chi connectivity index (χ4n) is 3.80. The number of piperidine rings is 1. The van der Waals surface area contributed by atoms with Gasteiger partial charge in [0.1, 0.15) is 4.21 Å². The van der Waals surface area contributed by atoms with Gasteiger partial charge in [0.2, 0.25) is 0 Å². The highest BCUT2D eigenvalue weighted by atomic mass is 32.2. The second-order valence-corrected chi connectivity index (χ2v) is 11.5. The number of benzene rings is 1. The Labute approximate surface area is 196 Å². The number of rotatable bonds is 6. The lowest BCUT2D eigenvalue weighted by Crippen LogP contribution is -2.43. The second kappa shape index (κ2) is 9.58. The van der Waals surface area contributed by atoms with Gasteiger partial charge in [-0.2, -0.15) is 4.31 Å². The van der Waals surface area contributed by atoms with E-state index in [9.17, 15) is 18.0 Å². The molecular weight excluding hydrogens is 462 g/mol. The SMILES string of the molecule is Cc1ccc(S(=O)(=O)N2CCC[C@H](C(=O)O[C@H](C)C(=O)Nc3cccc4ncccc34)C2)s1. The molecule has 174 valence electrons. The lowest BCUT2D eigenvalue weighted by molar-refractivity contribution is -0.158. The zero-order valence-corrected chi connectivity index (χ0v) is 20.0. The molecule has 1 N–H and O–H groups in total. The van der Waals surface area contributed by atoms with Crippen molar-refractivity contribution in [2.75, 3.05) is 18.4 Å². The minimum atomic E-state index is -3.66. The second-order valence-electron chi connectivity index (χ2n) is 8.01. The van der Waals surface area contributed by atoms with Crippen LogP contribution in [0.3, 0.4) is 0 Å². The van der Waals surface area contributed by atoms with E-state index in [1.807, 2.05) is 19.1 Å². The van der Waals surface area contributed by atoms with Crippen molar-refractivity contribution in [2.24, 2.45) is 5.92 Å². The molecule has 1 aromatic carbocycles. The molecule has 10 heteroatoms. The molecule has 0 aliphatic carbocycles. The number of fused-ring (bicyclic) bond motifs is 1. The molecule has 2 aromatic heterocycles. The molecule has 1 aliphatic rings. The minimum Gasteiger partial charge on any atom is -0.452 e. The van der Waals surface area contributed by atoms with Gasteiger partial charge in [0, 0.05) is 29.5 Å². The van der Waals surface area contributed by atoms with Crippen molar-refractivity contribution in [3.8, 4) is 0 Å². The number of hydrogen-bond donors (Lipinski definition) is 1. The van der Waals surface area contributed by atoms with Crippen molar-refractivity contribution in [3.63, 3.8) is 0 Å². The van der Waals surface area contributed by atoms with E-state index in [1.165, 1.54) is 22.6 Å². The molecule has 1 aliphatic heterocycles. The highest BCUT2D eigenvalue weighted by Crippen LogP contribution is 2.29. The molecule has 0 unspecified atom stereocenters. The summed E-state index contributed by atoms with van der Waals surface area (Å²) in [6, 6.07) is 12.4. The summed E-state index contributed by atoms with van der Waals surface area (Å²) in [5, 5.41) is 3.57. The summed E-state index contributed by atoms with van der Waals surface area (Å²) in [5.74, 6) is -1.65. The number of amides is 1. The Morgan fingerprint density at radius 3 is 2.79 bits per heavy atom. The van der Waals surface area contributed by atoms with Crippen LogP contribution in [0.5, 0.6) is 0 Å². The van der Waals surface area contributed by atoms with Gasteiger partial charge in [0.15, 0.2) is 6.10 Å². The monoisotopic (exact) mass is 487 g/mol. The number of ether oxygens (including phenoxy) is 1. The standard InChI is InChI=1S/C23H25N3O5S2/c1-15-10-11-21(32-15)33(29,30)26-13-5-6-17(14-26)23(28)31-16(2)22(27)25-20-9-3-8-19-18(20)7-4-12-24-19/h3-4,7-12,16-17H,5-6,13-14H2,1-2H3,(H,25,27)/t16-,17+/m1/s1. The largest absolute Gasteiger partial charge is 0.452 e. The van der Waals surface area contributed by atoms with E-state index in [0.717, 1.165) is 15.8 Å². The van der Waals surface area contributed by atoms with Crippen LogP contribution in [0.2, 0.25) is 0 Å². The summed E-state index contributed by atoms with van der Waals surface area (Å²) < 4.78 is 32.9. The zero-order valence-electron chi connectivity index (χ0n) is 18.4. The Bertz CT molecular complexity index is 1280. The van der Waals surface area contributed by atoms with E-state index in [1.54, 1.807) is 36.5 Å². The smallest absolute Gasteiger partial charge is 0.311 e. The Kier molecular flexibility index (Phi) is 6.78. The van der Waals surface area contributed by atoms with Crippen LogP contribution < -0.4 is 5.32 Å². The summed E-state index contributed by atoms with van der Waals surface area (Å²) in [5.41, 5.74) is 1.32. The number of aryl methyl sites for hydroxylation is 1. The van der Waals surface area contributed by atoms with Crippen molar-refractivity contribution in [2.45, 2.75) is 37.0 Å². The van der Waals surface area contributed by atoms with Gasteiger partial charge in [-0.25, -0.2) is 8.42 Å². The highest BCUT2D eigenvalue weighted by molar-refractivity contribution is 7.91. The lowest BCUT2D eigenvalue weighted by Gasteiger charge is -2.30. The van der Waals surface area contributed by atoms with Crippen molar-refractivity contribution in [1.82, 2.24) is 9.29 Å². The van der Waals surface area contributed by atoms with E-state index in [4.69, 9.17) is 4.74 Å². The van der Waals surface area contributed by atoms with Crippen LogP contribution >= 0.6 is 11.3 Å². The topological polar surface area (TPSA) is 106 Å².